The van der Waals surface area contributed by atoms with Crippen molar-refractivity contribution in [3.05, 3.63) is 87.7 Å². The van der Waals surface area contributed by atoms with Gasteiger partial charge in [-0.05, 0) is 87.9 Å². The second-order valence-corrected chi connectivity index (χ2v) is 14.9. The zero-order valence-corrected chi connectivity index (χ0v) is 31.1. The Balaban J connectivity index is 1.13. The van der Waals surface area contributed by atoms with Crippen molar-refractivity contribution in [2.45, 2.75) is 72.1 Å². The Kier molecular flexibility index (Phi) is 9.75. The van der Waals surface area contributed by atoms with Gasteiger partial charge in [0, 0.05) is 76.3 Å². The summed E-state index contributed by atoms with van der Waals surface area (Å²) in [7, 11) is 1.68. The molecule has 1 aliphatic carbocycles. The number of aryl methyl sites for hydroxylation is 2. The summed E-state index contributed by atoms with van der Waals surface area (Å²) in [6.07, 6.45) is 7.45. The number of anilines is 4. The lowest BCUT2D eigenvalue weighted by molar-refractivity contribution is -0.142. The van der Waals surface area contributed by atoms with Crippen LogP contribution in [0.3, 0.4) is 0 Å². The number of hydrogen-bond donors (Lipinski definition) is 1. The van der Waals surface area contributed by atoms with Gasteiger partial charge in [-0.3, -0.25) is 14.4 Å². The summed E-state index contributed by atoms with van der Waals surface area (Å²) in [4.78, 5) is 62.3. The van der Waals surface area contributed by atoms with Crippen LogP contribution in [0.15, 0.2) is 59.7 Å². The van der Waals surface area contributed by atoms with Crippen LogP contribution < -0.4 is 20.7 Å². The maximum absolute atomic E-state index is 14.1. The third kappa shape index (κ3) is 7.51. The van der Waals surface area contributed by atoms with Crippen LogP contribution >= 0.6 is 0 Å². The predicted octanol–water partition coefficient (Wildman–Crippen LogP) is 5.65. The molecule has 13 heteroatoms. The van der Waals surface area contributed by atoms with Crippen molar-refractivity contribution in [3.8, 4) is 11.1 Å². The number of nitrogens with one attached hydrogen (secondary N) is 1. The van der Waals surface area contributed by atoms with E-state index in [0.717, 1.165) is 36.9 Å². The number of rotatable bonds is 7. The molecule has 0 saturated carbocycles. The van der Waals surface area contributed by atoms with Crippen molar-refractivity contribution in [2.24, 2.45) is 7.05 Å². The molecule has 278 valence electrons. The first-order valence-electron chi connectivity index (χ1n) is 18.3. The van der Waals surface area contributed by atoms with Gasteiger partial charge in [0.25, 0.3) is 11.5 Å². The smallest absolute Gasteiger partial charge is 0.410 e. The molecule has 1 fully saturated rings. The molecule has 7 rings (SSSR count). The molecular formula is C40H47N7O6. The molecule has 13 nitrogen and oxygen atoms in total. The highest BCUT2D eigenvalue weighted by atomic mass is 16.6. The lowest BCUT2D eigenvalue weighted by atomic mass is 9.98. The first-order valence-corrected chi connectivity index (χ1v) is 18.3. The average Bonchev–Trinajstić information content (AvgIpc) is 3.52. The van der Waals surface area contributed by atoms with Crippen LogP contribution in [0.1, 0.15) is 67.8 Å². The summed E-state index contributed by atoms with van der Waals surface area (Å²) in [5, 5.41) is 3.20. The first-order chi connectivity index (χ1) is 25.4. The Morgan fingerprint density at radius 2 is 1.72 bits per heavy atom. The SMILES string of the molecule is CC(=O)OCc1c(-c2cc(Nc3ccc(N4CCN(C(=O)OC(C)(C)C)CC4)cn3)c(=O)n(C)c2)cccc1N1CCn2c(cc3c2CCCC3)C1=O. The topological polar surface area (TPSA) is 131 Å². The molecule has 5 heterocycles. The summed E-state index contributed by atoms with van der Waals surface area (Å²) in [5.74, 6) is -0.0115. The molecule has 0 unspecified atom stereocenters. The number of benzene rings is 1. The summed E-state index contributed by atoms with van der Waals surface area (Å²) < 4.78 is 14.8. The lowest BCUT2D eigenvalue weighted by Crippen LogP contribution is -2.50. The van der Waals surface area contributed by atoms with Crippen molar-refractivity contribution in [1.82, 2.24) is 19.0 Å². The molecule has 1 saturated heterocycles. The first kappa shape index (κ1) is 35.8. The number of fused-ring (bicyclic) bond motifs is 3. The zero-order chi connectivity index (χ0) is 37.4. The molecule has 1 aromatic carbocycles. The molecule has 0 spiro atoms. The Labute approximate surface area is 309 Å². The number of piperazine rings is 1. The summed E-state index contributed by atoms with van der Waals surface area (Å²) in [5.41, 5.74) is 6.48. The minimum Gasteiger partial charge on any atom is -0.461 e. The summed E-state index contributed by atoms with van der Waals surface area (Å²) in [6, 6.07) is 13.3. The van der Waals surface area contributed by atoms with Gasteiger partial charge in [0.05, 0.1) is 17.6 Å². The van der Waals surface area contributed by atoms with Gasteiger partial charge in [0.1, 0.15) is 29.4 Å². The van der Waals surface area contributed by atoms with Crippen LogP contribution in [0.2, 0.25) is 0 Å². The van der Waals surface area contributed by atoms with Crippen LogP contribution in [-0.4, -0.2) is 75.3 Å². The van der Waals surface area contributed by atoms with Crippen molar-refractivity contribution < 1.29 is 23.9 Å². The number of esters is 1. The number of carbonyl (C=O) groups is 3. The van der Waals surface area contributed by atoms with Crippen LogP contribution in [-0.2, 0) is 47.3 Å². The monoisotopic (exact) mass is 721 g/mol. The lowest BCUT2D eigenvalue weighted by Gasteiger charge is -2.36. The van der Waals surface area contributed by atoms with Crippen molar-refractivity contribution >= 4 is 40.8 Å². The maximum Gasteiger partial charge on any atom is 0.410 e. The van der Waals surface area contributed by atoms with E-state index in [1.807, 2.05) is 51.1 Å². The molecule has 0 radical (unpaired) electrons. The van der Waals surface area contributed by atoms with E-state index >= 15 is 0 Å². The number of pyridine rings is 2. The fourth-order valence-electron chi connectivity index (χ4n) is 7.50. The average molecular weight is 722 g/mol. The molecule has 3 aromatic heterocycles. The quantitative estimate of drug-likeness (QED) is 0.241. The minimum absolute atomic E-state index is 0.0389. The number of amides is 2. The second-order valence-electron chi connectivity index (χ2n) is 14.9. The molecule has 53 heavy (non-hydrogen) atoms. The highest BCUT2D eigenvalue weighted by molar-refractivity contribution is 6.07. The van der Waals surface area contributed by atoms with E-state index in [1.165, 1.54) is 22.7 Å². The third-order valence-corrected chi connectivity index (χ3v) is 10.1. The summed E-state index contributed by atoms with van der Waals surface area (Å²) in [6.45, 7) is 10.4. The number of nitrogens with zero attached hydrogens (tertiary/aromatic N) is 6. The Bertz CT molecular complexity index is 2110. The predicted molar refractivity (Wildman–Crippen MR) is 203 cm³/mol. The standard InChI is InChI=1S/C40H47N7O6/c1-26(48)52-25-31-30(10-8-12-34(31)47-20-19-46-33-11-7-6-9-27(33)22-35(46)38(47)50)28-21-32(37(49)43(5)24-28)42-36-14-13-29(23-41-36)44-15-17-45(18-16-44)39(51)53-40(2,3)4/h8,10,12-14,21-24H,6-7,9,11,15-20,25H2,1-5H3,(H,41,42). The molecule has 3 aliphatic rings. The van der Waals surface area contributed by atoms with Crippen molar-refractivity contribution in [1.29, 1.82) is 0 Å². The van der Waals surface area contributed by atoms with Crippen LogP contribution in [0.4, 0.5) is 27.7 Å². The highest BCUT2D eigenvalue weighted by Gasteiger charge is 2.32. The molecule has 0 bridgehead atoms. The normalized spacial score (nSPS) is 15.9. The zero-order valence-electron chi connectivity index (χ0n) is 31.1. The van der Waals surface area contributed by atoms with E-state index in [9.17, 15) is 19.2 Å². The van der Waals surface area contributed by atoms with Gasteiger partial charge in [-0.2, -0.15) is 0 Å². The number of hydrogen-bond acceptors (Lipinski definition) is 9. The largest absolute Gasteiger partial charge is 0.461 e. The Morgan fingerprint density at radius 3 is 2.43 bits per heavy atom. The van der Waals surface area contributed by atoms with Crippen molar-refractivity contribution in [2.75, 3.05) is 47.8 Å². The van der Waals surface area contributed by atoms with E-state index in [2.05, 4.69) is 25.8 Å². The Morgan fingerprint density at radius 1 is 0.943 bits per heavy atom. The minimum atomic E-state index is -0.543. The van der Waals surface area contributed by atoms with Gasteiger partial charge in [-0.1, -0.05) is 12.1 Å². The molecular weight excluding hydrogens is 674 g/mol. The summed E-state index contributed by atoms with van der Waals surface area (Å²) >= 11 is 0. The van der Waals surface area contributed by atoms with E-state index in [0.29, 0.717) is 73.3 Å². The van der Waals surface area contributed by atoms with E-state index < -0.39 is 11.6 Å². The van der Waals surface area contributed by atoms with E-state index in [-0.39, 0.29) is 24.2 Å². The van der Waals surface area contributed by atoms with Gasteiger partial charge in [-0.15, -0.1) is 0 Å². The van der Waals surface area contributed by atoms with E-state index in [4.69, 9.17) is 9.47 Å². The van der Waals surface area contributed by atoms with Gasteiger partial charge in [0.15, 0.2) is 0 Å². The molecule has 2 aliphatic heterocycles. The molecule has 4 aromatic rings. The number of ether oxygens (including phenoxy) is 2. The molecule has 2 amide bonds. The van der Waals surface area contributed by atoms with Gasteiger partial charge in [-0.25, -0.2) is 9.78 Å². The maximum atomic E-state index is 14.1. The van der Waals surface area contributed by atoms with E-state index in [1.54, 1.807) is 35.3 Å². The molecule has 1 N–H and O–H groups in total. The fourth-order valence-corrected chi connectivity index (χ4v) is 7.50. The highest BCUT2D eigenvalue weighted by Crippen LogP contribution is 2.36. The Hall–Kier alpha value is -5.59. The number of aromatic nitrogens is 3. The van der Waals surface area contributed by atoms with Gasteiger partial charge in [0.2, 0.25) is 0 Å². The van der Waals surface area contributed by atoms with Crippen LogP contribution in [0.25, 0.3) is 11.1 Å². The van der Waals surface area contributed by atoms with Gasteiger partial charge >= 0.3 is 12.1 Å². The van der Waals surface area contributed by atoms with Crippen LogP contribution in [0.5, 0.6) is 0 Å². The van der Waals surface area contributed by atoms with Crippen LogP contribution in [0, 0.1) is 0 Å². The third-order valence-electron chi connectivity index (χ3n) is 10.1. The fraction of sp³-hybridized carbons (Fsp3) is 0.425. The number of carbonyl (C=O) groups excluding carboxylic acids is 3. The van der Waals surface area contributed by atoms with Gasteiger partial charge < -0.3 is 38.6 Å². The molecule has 0 atom stereocenters. The second kappa shape index (κ2) is 14.4. The van der Waals surface area contributed by atoms with Crippen molar-refractivity contribution in [3.63, 3.8) is 0 Å².